The number of amides is 1. The molecule has 3 heteroatoms. The van der Waals surface area contributed by atoms with E-state index >= 15 is 0 Å². The molecule has 0 aliphatic heterocycles. The van der Waals surface area contributed by atoms with Crippen molar-refractivity contribution in [2.75, 3.05) is 5.32 Å². The first-order valence-electron chi connectivity index (χ1n) is 6.60. The molecule has 0 bridgehead atoms. The Morgan fingerprint density at radius 1 is 0.900 bits per heavy atom. The molecule has 2 aromatic carbocycles. The first-order chi connectivity index (χ1) is 9.65. The van der Waals surface area contributed by atoms with Crippen LogP contribution in [0, 0.1) is 6.92 Å². The van der Waals surface area contributed by atoms with Crippen LogP contribution in [-0.2, 0) is 4.79 Å². The number of benzene rings is 2. The van der Waals surface area contributed by atoms with E-state index in [9.17, 15) is 9.59 Å². The molecule has 20 heavy (non-hydrogen) atoms. The van der Waals surface area contributed by atoms with E-state index in [4.69, 9.17) is 0 Å². The van der Waals surface area contributed by atoms with Gasteiger partial charge in [0.25, 0.3) is 0 Å². The molecule has 102 valence electrons. The number of ketones is 1. The molecule has 0 saturated carbocycles. The van der Waals surface area contributed by atoms with Gasteiger partial charge in [-0.05, 0) is 19.1 Å². The van der Waals surface area contributed by atoms with Crippen molar-refractivity contribution in [1.82, 2.24) is 0 Å². The largest absolute Gasteiger partial charge is 0.326 e. The number of aryl methyl sites for hydroxylation is 1. The molecule has 1 N–H and O–H groups in total. The summed E-state index contributed by atoms with van der Waals surface area (Å²) in [6.07, 6.45) is 0.420. The zero-order chi connectivity index (χ0) is 14.4. The lowest BCUT2D eigenvalue weighted by molar-refractivity contribution is -0.116. The van der Waals surface area contributed by atoms with Crippen molar-refractivity contribution in [2.45, 2.75) is 19.8 Å². The van der Waals surface area contributed by atoms with Gasteiger partial charge in [-0.2, -0.15) is 0 Å². The van der Waals surface area contributed by atoms with E-state index in [1.807, 2.05) is 49.4 Å². The van der Waals surface area contributed by atoms with Crippen LogP contribution in [0.5, 0.6) is 0 Å². The summed E-state index contributed by atoms with van der Waals surface area (Å²) in [5, 5.41) is 2.78. The average molecular weight is 267 g/mol. The van der Waals surface area contributed by atoms with Crippen molar-refractivity contribution in [3.05, 3.63) is 65.7 Å². The van der Waals surface area contributed by atoms with Gasteiger partial charge in [-0.1, -0.05) is 48.0 Å². The van der Waals surface area contributed by atoms with Gasteiger partial charge in [0.2, 0.25) is 5.91 Å². The van der Waals surface area contributed by atoms with Crippen LogP contribution in [0.2, 0.25) is 0 Å². The van der Waals surface area contributed by atoms with Crippen molar-refractivity contribution in [1.29, 1.82) is 0 Å². The molecular weight excluding hydrogens is 250 g/mol. The van der Waals surface area contributed by atoms with Gasteiger partial charge in [0.05, 0.1) is 0 Å². The fraction of sp³-hybridized carbons (Fsp3) is 0.176. The van der Waals surface area contributed by atoms with E-state index in [2.05, 4.69) is 5.32 Å². The molecule has 0 aromatic heterocycles. The van der Waals surface area contributed by atoms with Crippen LogP contribution >= 0.6 is 0 Å². The van der Waals surface area contributed by atoms with Gasteiger partial charge in [-0.3, -0.25) is 9.59 Å². The number of carbonyl (C=O) groups excluding carboxylic acids is 2. The topological polar surface area (TPSA) is 46.2 Å². The van der Waals surface area contributed by atoms with E-state index in [0.717, 1.165) is 11.3 Å². The van der Waals surface area contributed by atoms with Gasteiger partial charge >= 0.3 is 0 Å². The second-order valence-electron chi connectivity index (χ2n) is 4.70. The highest BCUT2D eigenvalue weighted by Gasteiger charge is 2.09. The highest BCUT2D eigenvalue weighted by atomic mass is 16.2. The van der Waals surface area contributed by atoms with Crippen molar-refractivity contribution in [3.8, 4) is 0 Å². The van der Waals surface area contributed by atoms with Gasteiger partial charge < -0.3 is 5.32 Å². The molecule has 0 radical (unpaired) electrons. The smallest absolute Gasteiger partial charge is 0.224 e. The molecule has 0 atom stereocenters. The maximum Gasteiger partial charge on any atom is 0.224 e. The molecule has 1 amide bonds. The number of rotatable bonds is 5. The Morgan fingerprint density at radius 2 is 1.55 bits per heavy atom. The van der Waals surface area contributed by atoms with E-state index < -0.39 is 0 Å². The quantitative estimate of drug-likeness (QED) is 0.841. The highest BCUT2D eigenvalue weighted by molar-refractivity contribution is 5.99. The number of carbonyl (C=O) groups is 2. The van der Waals surface area contributed by atoms with Crippen molar-refractivity contribution >= 4 is 17.4 Å². The molecule has 0 aliphatic carbocycles. The van der Waals surface area contributed by atoms with Crippen molar-refractivity contribution < 1.29 is 9.59 Å². The molecule has 0 unspecified atom stereocenters. The summed E-state index contributed by atoms with van der Waals surface area (Å²) in [7, 11) is 0. The predicted octanol–water partition coefficient (Wildman–Crippen LogP) is 3.60. The number of nitrogens with one attached hydrogen (secondary N) is 1. The Morgan fingerprint density at radius 3 is 2.20 bits per heavy atom. The van der Waals surface area contributed by atoms with Crippen molar-refractivity contribution in [3.63, 3.8) is 0 Å². The SMILES string of the molecule is Cc1ccc(NC(=O)CCC(=O)c2ccccc2)cc1. The number of hydrogen-bond acceptors (Lipinski definition) is 2. The normalized spacial score (nSPS) is 10.1. The van der Waals surface area contributed by atoms with Crippen LogP contribution in [-0.4, -0.2) is 11.7 Å². The van der Waals surface area contributed by atoms with Crippen molar-refractivity contribution in [2.24, 2.45) is 0 Å². The predicted molar refractivity (Wildman–Crippen MR) is 79.8 cm³/mol. The average Bonchev–Trinajstić information content (AvgIpc) is 2.48. The summed E-state index contributed by atoms with van der Waals surface area (Å²) in [5.74, 6) is -0.150. The minimum absolute atomic E-state index is 0.00958. The molecule has 0 heterocycles. The maximum atomic E-state index is 11.9. The van der Waals surface area contributed by atoms with E-state index in [1.165, 1.54) is 0 Å². The van der Waals surface area contributed by atoms with Crippen LogP contribution < -0.4 is 5.32 Å². The lowest BCUT2D eigenvalue weighted by Gasteiger charge is -2.05. The number of anilines is 1. The zero-order valence-corrected chi connectivity index (χ0v) is 11.4. The molecule has 0 fully saturated rings. The molecule has 2 aromatic rings. The fourth-order valence-electron chi connectivity index (χ4n) is 1.86. The van der Waals surface area contributed by atoms with Gasteiger partial charge in [-0.25, -0.2) is 0 Å². The second kappa shape index (κ2) is 6.66. The first-order valence-corrected chi connectivity index (χ1v) is 6.60. The minimum Gasteiger partial charge on any atom is -0.326 e. The maximum absolute atomic E-state index is 11.9. The summed E-state index contributed by atoms with van der Waals surface area (Å²) >= 11 is 0. The van der Waals surface area contributed by atoms with Crippen LogP contribution in [0.4, 0.5) is 5.69 Å². The van der Waals surface area contributed by atoms with Crippen LogP contribution in [0.3, 0.4) is 0 Å². The summed E-state index contributed by atoms with van der Waals surface area (Å²) < 4.78 is 0. The Balaban J connectivity index is 1.83. The summed E-state index contributed by atoms with van der Waals surface area (Å²) in [6, 6.07) is 16.6. The standard InChI is InChI=1S/C17H17NO2/c1-13-7-9-15(10-8-13)18-17(20)12-11-16(19)14-5-3-2-4-6-14/h2-10H,11-12H2,1H3,(H,18,20). The van der Waals surface area contributed by atoms with Gasteiger partial charge in [-0.15, -0.1) is 0 Å². The van der Waals surface area contributed by atoms with Gasteiger partial charge in [0.15, 0.2) is 5.78 Å². The molecule has 0 aliphatic rings. The van der Waals surface area contributed by atoms with Crippen LogP contribution in [0.15, 0.2) is 54.6 Å². The van der Waals surface area contributed by atoms with Gasteiger partial charge in [0, 0.05) is 24.1 Å². The van der Waals surface area contributed by atoms with E-state index in [-0.39, 0.29) is 24.5 Å². The summed E-state index contributed by atoms with van der Waals surface area (Å²) in [6.45, 7) is 1.99. The lowest BCUT2D eigenvalue weighted by Crippen LogP contribution is -2.13. The molecule has 0 spiro atoms. The first kappa shape index (κ1) is 14.0. The minimum atomic E-state index is -0.141. The third-order valence-corrected chi connectivity index (χ3v) is 3.01. The third-order valence-electron chi connectivity index (χ3n) is 3.01. The number of hydrogen-bond donors (Lipinski definition) is 1. The molecule has 0 saturated heterocycles. The molecule has 2 rings (SSSR count). The van der Waals surface area contributed by atoms with Crippen LogP contribution in [0.1, 0.15) is 28.8 Å². The highest BCUT2D eigenvalue weighted by Crippen LogP contribution is 2.10. The van der Waals surface area contributed by atoms with Crippen LogP contribution in [0.25, 0.3) is 0 Å². The zero-order valence-electron chi connectivity index (χ0n) is 11.4. The Labute approximate surface area is 118 Å². The second-order valence-corrected chi connectivity index (χ2v) is 4.70. The molecular formula is C17H17NO2. The van der Waals surface area contributed by atoms with E-state index in [0.29, 0.717) is 5.56 Å². The lowest BCUT2D eigenvalue weighted by atomic mass is 10.1. The third kappa shape index (κ3) is 4.05. The van der Waals surface area contributed by atoms with Gasteiger partial charge in [0.1, 0.15) is 0 Å². The molecule has 3 nitrogen and oxygen atoms in total. The summed E-state index contributed by atoms with van der Waals surface area (Å²) in [4.78, 5) is 23.6. The van der Waals surface area contributed by atoms with E-state index in [1.54, 1.807) is 12.1 Å². The monoisotopic (exact) mass is 267 g/mol. The Bertz CT molecular complexity index is 588. The number of Topliss-reactive ketones (excluding diaryl/α,β-unsaturated/α-hetero) is 1. The Hall–Kier alpha value is -2.42. The Kier molecular flexibility index (Phi) is 4.66. The summed E-state index contributed by atoms with van der Waals surface area (Å²) in [5.41, 5.74) is 2.55. The fourth-order valence-corrected chi connectivity index (χ4v) is 1.86.